The molecule has 0 aliphatic rings. The molecule has 2 aromatic carbocycles. The van der Waals surface area contributed by atoms with E-state index >= 15 is 0 Å². The maximum absolute atomic E-state index is 12.2. The van der Waals surface area contributed by atoms with Gasteiger partial charge in [-0.3, -0.25) is 9.00 Å². The highest BCUT2D eigenvalue weighted by molar-refractivity contribution is 7.85. The molecule has 110 valence electrons. The third-order valence-electron chi connectivity index (χ3n) is 3.25. The zero-order chi connectivity index (χ0) is 15.6. The zero-order valence-electron chi connectivity index (χ0n) is 11.7. The maximum Gasteiger partial charge on any atom is 0.175 e. The van der Waals surface area contributed by atoms with Gasteiger partial charge in [-0.15, -0.1) is 0 Å². The molecule has 2 rings (SSSR count). The molecular formula is C16H14Cl2O2S. The smallest absolute Gasteiger partial charge is 0.175 e. The summed E-state index contributed by atoms with van der Waals surface area (Å²) in [4.78, 5) is 12.7. The molecule has 2 aromatic rings. The Morgan fingerprint density at radius 2 is 1.71 bits per heavy atom. The molecule has 0 fully saturated rings. The molecule has 0 bridgehead atoms. The van der Waals surface area contributed by atoms with Gasteiger partial charge in [0, 0.05) is 10.5 Å². The highest BCUT2D eigenvalue weighted by Gasteiger charge is 2.14. The molecule has 0 radical (unpaired) electrons. The van der Waals surface area contributed by atoms with Gasteiger partial charge >= 0.3 is 0 Å². The summed E-state index contributed by atoms with van der Waals surface area (Å²) in [6.07, 6.45) is 0. The van der Waals surface area contributed by atoms with Crippen molar-refractivity contribution in [2.24, 2.45) is 0 Å². The summed E-state index contributed by atoms with van der Waals surface area (Å²) in [6.45, 7) is 3.93. The van der Waals surface area contributed by atoms with E-state index in [4.69, 9.17) is 23.2 Å². The summed E-state index contributed by atoms with van der Waals surface area (Å²) in [5.41, 5.74) is 2.74. The van der Waals surface area contributed by atoms with Crippen LogP contribution in [0, 0.1) is 13.8 Å². The predicted molar refractivity (Wildman–Crippen MR) is 88.0 cm³/mol. The molecule has 21 heavy (non-hydrogen) atoms. The van der Waals surface area contributed by atoms with Gasteiger partial charge < -0.3 is 0 Å². The number of benzene rings is 2. The minimum atomic E-state index is -1.44. The fourth-order valence-electron chi connectivity index (χ4n) is 1.82. The number of carbonyl (C=O) groups is 1. The minimum Gasteiger partial charge on any atom is -0.293 e. The van der Waals surface area contributed by atoms with E-state index in [-0.39, 0.29) is 11.5 Å². The standard InChI is InChI=1S/C16H14Cl2O2S/c1-10-3-4-12(7-11(10)2)16(19)9-21(20)13-5-6-14(17)15(18)8-13/h3-8H,9H2,1-2H3. The van der Waals surface area contributed by atoms with Gasteiger partial charge in [-0.1, -0.05) is 35.3 Å². The van der Waals surface area contributed by atoms with Gasteiger partial charge in [0.2, 0.25) is 0 Å². The van der Waals surface area contributed by atoms with Crippen LogP contribution in [0.3, 0.4) is 0 Å². The molecule has 5 heteroatoms. The number of ketones is 1. The quantitative estimate of drug-likeness (QED) is 0.762. The van der Waals surface area contributed by atoms with Crippen molar-refractivity contribution < 1.29 is 9.00 Å². The molecule has 0 aromatic heterocycles. The van der Waals surface area contributed by atoms with Gasteiger partial charge in [-0.05, 0) is 49.2 Å². The first kappa shape index (κ1) is 16.2. The largest absolute Gasteiger partial charge is 0.293 e. The number of Topliss-reactive ketones (excluding diaryl/α,β-unsaturated/α-hetero) is 1. The summed E-state index contributed by atoms with van der Waals surface area (Å²) in [5, 5.41) is 0.735. The Balaban J connectivity index is 2.16. The fraction of sp³-hybridized carbons (Fsp3) is 0.188. The predicted octanol–water partition coefficient (Wildman–Crippen LogP) is 4.60. The fourth-order valence-corrected chi connectivity index (χ4v) is 3.22. The van der Waals surface area contributed by atoms with Crippen molar-refractivity contribution in [2.45, 2.75) is 18.7 Å². The van der Waals surface area contributed by atoms with E-state index in [0.717, 1.165) is 11.1 Å². The van der Waals surface area contributed by atoms with E-state index in [9.17, 15) is 9.00 Å². The zero-order valence-corrected chi connectivity index (χ0v) is 14.0. The molecule has 0 aliphatic heterocycles. The number of halogens is 2. The average Bonchev–Trinajstić information content (AvgIpc) is 2.44. The van der Waals surface area contributed by atoms with Gasteiger partial charge in [-0.25, -0.2) is 0 Å². The number of carbonyl (C=O) groups excluding carboxylic acids is 1. The van der Waals surface area contributed by atoms with Crippen LogP contribution in [-0.2, 0) is 10.8 Å². The van der Waals surface area contributed by atoms with E-state index < -0.39 is 10.8 Å². The second kappa shape index (κ2) is 6.73. The van der Waals surface area contributed by atoms with Crippen LogP contribution >= 0.6 is 23.2 Å². The molecule has 0 spiro atoms. The number of hydrogen-bond donors (Lipinski definition) is 0. The van der Waals surface area contributed by atoms with Crippen LogP contribution in [0.5, 0.6) is 0 Å². The number of aryl methyl sites for hydroxylation is 2. The van der Waals surface area contributed by atoms with Crippen molar-refractivity contribution in [3.8, 4) is 0 Å². The topological polar surface area (TPSA) is 34.1 Å². The van der Waals surface area contributed by atoms with Gasteiger partial charge in [-0.2, -0.15) is 0 Å². The lowest BCUT2D eigenvalue weighted by atomic mass is 10.0. The summed E-state index contributed by atoms with van der Waals surface area (Å²) in [7, 11) is -1.44. The Morgan fingerprint density at radius 1 is 1.00 bits per heavy atom. The third kappa shape index (κ3) is 3.94. The van der Waals surface area contributed by atoms with Gasteiger partial charge in [0.05, 0.1) is 26.6 Å². The SMILES string of the molecule is Cc1ccc(C(=O)CS(=O)c2ccc(Cl)c(Cl)c2)cc1C. The highest BCUT2D eigenvalue weighted by atomic mass is 35.5. The molecule has 0 saturated heterocycles. The van der Waals surface area contributed by atoms with Crippen molar-refractivity contribution in [3.63, 3.8) is 0 Å². The van der Waals surface area contributed by atoms with E-state index in [0.29, 0.717) is 20.5 Å². The number of rotatable bonds is 4. The van der Waals surface area contributed by atoms with Crippen molar-refractivity contribution in [1.82, 2.24) is 0 Å². The molecular weight excluding hydrogens is 327 g/mol. The van der Waals surface area contributed by atoms with Gasteiger partial charge in [0.15, 0.2) is 5.78 Å². The van der Waals surface area contributed by atoms with Crippen LogP contribution < -0.4 is 0 Å². The second-order valence-electron chi connectivity index (χ2n) is 4.79. The van der Waals surface area contributed by atoms with Crippen molar-refractivity contribution in [1.29, 1.82) is 0 Å². The molecule has 1 atom stereocenters. The Hall–Kier alpha value is -1.16. The average molecular weight is 341 g/mol. The lowest BCUT2D eigenvalue weighted by Crippen LogP contribution is -2.11. The van der Waals surface area contributed by atoms with Crippen molar-refractivity contribution >= 4 is 39.8 Å². The Morgan fingerprint density at radius 3 is 2.33 bits per heavy atom. The molecule has 0 aliphatic carbocycles. The van der Waals surface area contributed by atoms with E-state index in [1.54, 1.807) is 18.2 Å². The van der Waals surface area contributed by atoms with Crippen LogP contribution in [0.1, 0.15) is 21.5 Å². The Kier molecular flexibility index (Phi) is 5.20. The van der Waals surface area contributed by atoms with Crippen LogP contribution in [0.25, 0.3) is 0 Å². The molecule has 2 nitrogen and oxygen atoms in total. The summed E-state index contributed by atoms with van der Waals surface area (Å²) < 4.78 is 12.2. The van der Waals surface area contributed by atoms with Crippen LogP contribution in [0.2, 0.25) is 10.0 Å². The van der Waals surface area contributed by atoms with Crippen molar-refractivity contribution in [2.75, 3.05) is 5.75 Å². The molecule has 0 heterocycles. The van der Waals surface area contributed by atoms with Gasteiger partial charge in [0.1, 0.15) is 0 Å². The molecule has 0 amide bonds. The summed E-state index contributed by atoms with van der Waals surface area (Å²) >= 11 is 11.7. The highest BCUT2D eigenvalue weighted by Crippen LogP contribution is 2.24. The van der Waals surface area contributed by atoms with Crippen LogP contribution in [-0.4, -0.2) is 15.7 Å². The lowest BCUT2D eigenvalue weighted by Gasteiger charge is -2.06. The minimum absolute atomic E-state index is 0.0690. The van der Waals surface area contributed by atoms with E-state index in [2.05, 4.69) is 0 Å². The normalized spacial score (nSPS) is 12.2. The van der Waals surface area contributed by atoms with Crippen LogP contribution in [0.15, 0.2) is 41.3 Å². The second-order valence-corrected chi connectivity index (χ2v) is 7.05. The van der Waals surface area contributed by atoms with E-state index in [1.807, 2.05) is 26.0 Å². The first-order valence-electron chi connectivity index (χ1n) is 6.32. The third-order valence-corrected chi connectivity index (χ3v) is 5.29. The monoisotopic (exact) mass is 340 g/mol. The summed E-state index contributed by atoms with van der Waals surface area (Å²) in [6, 6.07) is 10.2. The Bertz CT molecular complexity index is 665. The molecule has 1 unspecified atom stereocenters. The lowest BCUT2D eigenvalue weighted by molar-refractivity contribution is 0.102. The molecule has 0 N–H and O–H groups in total. The van der Waals surface area contributed by atoms with Crippen LogP contribution in [0.4, 0.5) is 0 Å². The Labute approximate surface area is 136 Å². The van der Waals surface area contributed by atoms with Crippen molar-refractivity contribution in [3.05, 3.63) is 63.1 Å². The molecule has 0 saturated carbocycles. The summed E-state index contributed by atoms with van der Waals surface area (Å²) in [5.74, 6) is -0.219. The van der Waals surface area contributed by atoms with E-state index in [1.165, 1.54) is 6.07 Å². The first-order chi connectivity index (χ1) is 9.88. The maximum atomic E-state index is 12.2. The number of hydrogen-bond acceptors (Lipinski definition) is 2. The first-order valence-corrected chi connectivity index (χ1v) is 8.40. The van der Waals surface area contributed by atoms with Gasteiger partial charge in [0.25, 0.3) is 0 Å².